The summed E-state index contributed by atoms with van der Waals surface area (Å²) < 4.78 is 6.99. The predicted molar refractivity (Wildman–Crippen MR) is 64.6 cm³/mol. The van der Waals surface area contributed by atoms with Gasteiger partial charge in [0.05, 0.1) is 30.7 Å². The van der Waals surface area contributed by atoms with Gasteiger partial charge in [-0.3, -0.25) is 9.48 Å². The highest BCUT2D eigenvalue weighted by molar-refractivity contribution is 5.76. The van der Waals surface area contributed by atoms with E-state index in [0.717, 1.165) is 0 Å². The van der Waals surface area contributed by atoms with Crippen molar-refractivity contribution in [2.24, 2.45) is 0 Å². The van der Waals surface area contributed by atoms with Crippen molar-refractivity contribution < 1.29 is 14.6 Å². The van der Waals surface area contributed by atoms with E-state index in [2.05, 4.69) is 5.10 Å². The molecule has 1 saturated heterocycles. The Labute approximate surface area is 105 Å². The second kappa shape index (κ2) is 5.36. The number of morpholine rings is 1. The van der Waals surface area contributed by atoms with Gasteiger partial charge < -0.3 is 20.5 Å². The number of aliphatic hydroxyl groups is 1. The number of nitrogens with two attached hydrogens (primary N) is 1. The average Bonchev–Trinajstić information content (AvgIpc) is 2.73. The molecule has 0 radical (unpaired) electrons. The predicted octanol–water partition coefficient (Wildman–Crippen LogP) is -0.926. The van der Waals surface area contributed by atoms with Gasteiger partial charge in [-0.25, -0.2) is 0 Å². The Morgan fingerprint density at radius 3 is 3.06 bits per heavy atom. The van der Waals surface area contributed by atoms with Crippen LogP contribution in [0.25, 0.3) is 0 Å². The van der Waals surface area contributed by atoms with Crippen LogP contribution in [0, 0.1) is 0 Å². The largest absolute Gasteiger partial charge is 0.396 e. The third-order valence-electron chi connectivity index (χ3n) is 2.83. The minimum Gasteiger partial charge on any atom is -0.396 e. The van der Waals surface area contributed by atoms with E-state index < -0.39 is 0 Å². The van der Waals surface area contributed by atoms with Gasteiger partial charge in [-0.15, -0.1) is 0 Å². The number of hydrogen-bond acceptors (Lipinski definition) is 5. The van der Waals surface area contributed by atoms with Crippen LogP contribution < -0.4 is 5.73 Å². The lowest BCUT2D eigenvalue weighted by molar-refractivity contribution is -0.147. The molecule has 0 spiro atoms. The maximum Gasteiger partial charge on any atom is 0.244 e. The third kappa shape index (κ3) is 2.99. The first kappa shape index (κ1) is 12.8. The van der Waals surface area contributed by atoms with Gasteiger partial charge in [-0.1, -0.05) is 0 Å². The molecule has 1 aliphatic rings. The highest BCUT2D eigenvalue weighted by atomic mass is 16.5. The lowest BCUT2D eigenvalue weighted by atomic mass is 10.2. The van der Waals surface area contributed by atoms with E-state index >= 15 is 0 Å². The summed E-state index contributed by atoms with van der Waals surface area (Å²) in [6.07, 6.45) is 2.75. The molecular weight excluding hydrogens is 236 g/mol. The molecule has 18 heavy (non-hydrogen) atoms. The maximum atomic E-state index is 12.1. The lowest BCUT2D eigenvalue weighted by Gasteiger charge is -2.36. The molecule has 1 aromatic rings. The zero-order valence-electron chi connectivity index (χ0n) is 10.3. The van der Waals surface area contributed by atoms with Crippen LogP contribution in [0.5, 0.6) is 0 Å². The number of anilines is 1. The molecule has 1 amide bonds. The topological polar surface area (TPSA) is 93.6 Å². The fraction of sp³-hybridized carbons (Fsp3) is 0.636. The number of amides is 1. The Morgan fingerprint density at radius 2 is 2.44 bits per heavy atom. The number of rotatable bonds is 3. The number of nitrogens with zero attached hydrogens (tertiary/aromatic N) is 3. The van der Waals surface area contributed by atoms with Crippen molar-refractivity contribution in [1.82, 2.24) is 14.7 Å². The zero-order chi connectivity index (χ0) is 13.1. The molecule has 1 aliphatic heterocycles. The van der Waals surface area contributed by atoms with Crippen molar-refractivity contribution in [2.45, 2.75) is 25.7 Å². The van der Waals surface area contributed by atoms with Crippen molar-refractivity contribution in [3.8, 4) is 0 Å². The smallest absolute Gasteiger partial charge is 0.244 e. The second-order valence-electron chi connectivity index (χ2n) is 4.52. The molecule has 7 heteroatoms. The monoisotopic (exact) mass is 254 g/mol. The Bertz CT molecular complexity index is 420. The maximum absolute atomic E-state index is 12.1. The number of ether oxygens (including phenoxy) is 1. The highest BCUT2D eigenvalue weighted by Crippen LogP contribution is 2.11. The molecule has 2 atom stereocenters. The normalized spacial score (nSPS) is 24.2. The fourth-order valence-corrected chi connectivity index (χ4v) is 2.05. The summed E-state index contributed by atoms with van der Waals surface area (Å²) in [5, 5.41) is 13.1. The van der Waals surface area contributed by atoms with Gasteiger partial charge in [0, 0.05) is 19.3 Å². The van der Waals surface area contributed by atoms with E-state index in [-0.39, 0.29) is 31.3 Å². The Morgan fingerprint density at radius 1 is 1.67 bits per heavy atom. The summed E-state index contributed by atoms with van der Waals surface area (Å²) >= 11 is 0. The summed E-state index contributed by atoms with van der Waals surface area (Å²) in [6.45, 7) is 2.90. The molecule has 0 bridgehead atoms. The first-order chi connectivity index (χ1) is 8.58. The Hall–Kier alpha value is -1.60. The number of nitrogen functional groups attached to an aromatic ring is 1. The van der Waals surface area contributed by atoms with Crippen LogP contribution in [0.4, 0.5) is 5.69 Å². The van der Waals surface area contributed by atoms with Gasteiger partial charge in [0.25, 0.3) is 0 Å². The third-order valence-corrected chi connectivity index (χ3v) is 2.83. The minimum atomic E-state index is -0.305. The molecule has 0 aromatic carbocycles. The molecule has 2 unspecified atom stereocenters. The molecule has 0 saturated carbocycles. The van der Waals surface area contributed by atoms with E-state index in [9.17, 15) is 4.79 Å². The lowest BCUT2D eigenvalue weighted by Crippen LogP contribution is -2.51. The molecule has 7 nitrogen and oxygen atoms in total. The standard InChI is InChI=1S/C11H18N4O3/c1-8-3-14(5-10(7-16)18-8)11(17)6-15-4-9(12)2-13-15/h2,4,8,10,16H,3,5-7,12H2,1H3. The van der Waals surface area contributed by atoms with E-state index in [1.165, 1.54) is 10.9 Å². The summed E-state index contributed by atoms with van der Waals surface area (Å²) in [4.78, 5) is 13.8. The van der Waals surface area contributed by atoms with Crippen molar-refractivity contribution in [3.63, 3.8) is 0 Å². The quantitative estimate of drug-likeness (QED) is 0.727. The summed E-state index contributed by atoms with van der Waals surface area (Å²) in [5.41, 5.74) is 6.07. The summed E-state index contributed by atoms with van der Waals surface area (Å²) in [5.74, 6) is -0.0494. The highest BCUT2D eigenvalue weighted by Gasteiger charge is 2.27. The number of aromatic nitrogens is 2. The number of carbonyl (C=O) groups is 1. The van der Waals surface area contributed by atoms with E-state index in [1.807, 2.05) is 6.92 Å². The molecule has 1 fully saturated rings. The first-order valence-corrected chi connectivity index (χ1v) is 5.90. The molecule has 3 N–H and O–H groups in total. The molecule has 1 aromatic heterocycles. The number of aliphatic hydroxyl groups excluding tert-OH is 1. The van der Waals surface area contributed by atoms with Crippen molar-refractivity contribution >= 4 is 11.6 Å². The zero-order valence-corrected chi connectivity index (χ0v) is 10.3. The van der Waals surface area contributed by atoms with Crippen molar-refractivity contribution in [3.05, 3.63) is 12.4 Å². The van der Waals surface area contributed by atoms with Gasteiger partial charge in [0.1, 0.15) is 6.54 Å². The van der Waals surface area contributed by atoms with E-state index in [0.29, 0.717) is 18.8 Å². The van der Waals surface area contributed by atoms with Crippen LogP contribution in [0.2, 0.25) is 0 Å². The average molecular weight is 254 g/mol. The number of hydrogen-bond donors (Lipinski definition) is 2. The number of carbonyl (C=O) groups excluding carboxylic acids is 1. The molecule has 100 valence electrons. The van der Waals surface area contributed by atoms with Crippen LogP contribution in [0.3, 0.4) is 0 Å². The minimum absolute atomic E-state index is 0.0494. The van der Waals surface area contributed by atoms with Crippen LogP contribution in [-0.2, 0) is 16.1 Å². The Kier molecular flexibility index (Phi) is 3.83. The van der Waals surface area contributed by atoms with Crippen LogP contribution in [-0.4, -0.2) is 57.6 Å². The van der Waals surface area contributed by atoms with E-state index in [1.54, 1.807) is 11.1 Å². The first-order valence-electron chi connectivity index (χ1n) is 5.90. The summed E-state index contributed by atoms with van der Waals surface area (Å²) in [7, 11) is 0. The van der Waals surface area contributed by atoms with Gasteiger partial charge in [-0.2, -0.15) is 5.10 Å². The van der Waals surface area contributed by atoms with E-state index in [4.69, 9.17) is 15.6 Å². The van der Waals surface area contributed by atoms with Gasteiger partial charge in [0.2, 0.25) is 5.91 Å². The van der Waals surface area contributed by atoms with Crippen LogP contribution >= 0.6 is 0 Å². The molecule has 2 rings (SSSR count). The second-order valence-corrected chi connectivity index (χ2v) is 4.52. The van der Waals surface area contributed by atoms with Crippen molar-refractivity contribution in [2.75, 3.05) is 25.4 Å². The van der Waals surface area contributed by atoms with Gasteiger partial charge in [0.15, 0.2) is 0 Å². The molecule has 2 heterocycles. The van der Waals surface area contributed by atoms with Crippen LogP contribution in [0.1, 0.15) is 6.92 Å². The molecular formula is C11H18N4O3. The Balaban J connectivity index is 1.95. The summed E-state index contributed by atoms with van der Waals surface area (Å²) in [6, 6.07) is 0. The van der Waals surface area contributed by atoms with Crippen LogP contribution in [0.15, 0.2) is 12.4 Å². The fourth-order valence-electron chi connectivity index (χ4n) is 2.05. The van der Waals surface area contributed by atoms with Crippen molar-refractivity contribution in [1.29, 1.82) is 0 Å². The SMILES string of the molecule is CC1CN(C(=O)Cn2cc(N)cn2)CC(CO)O1. The van der Waals surface area contributed by atoms with Gasteiger partial charge in [-0.05, 0) is 6.92 Å². The molecule has 0 aliphatic carbocycles. The van der Waals surface area contributed by atoms with Gasteiger partial charge >= 0.3 is 0 Å².